The maximum absolute atomic E-state index is 13.5. The topological polar surface area (TPSA) is 76.5 Å². The van der Waals surface area contributed by atoms with E-state index in [1.54, 1.807) is 17.9 Å². The molecule has 1 saturated heterocycles. The number of benzene rings is 3. The van der Waals surface area contributed by atoms with Crippen molar-refractivity contribution in [3.8, 4) is 0 Å². The highest BCUT2D eigenvalue weighted by Gasteiger charge is 2.33. The van der Waals surface area contributed by atoms with Crippen molar-refractivity contribution in [1.29, 1.82) is 0 Å². The number of anilines is 3. The quantitative estimate of drug-likeness (QED) is 0.302. The molecule has 0 atom stereocenters. The number of piperazine rings is 1. The van der Waals surface area contributed by atoms with Gasteiger partial charge in [0.05, 0.1) is 11.4 Å². The Morgan fingerprint density at radius 1 is 0.878 bits per heavy atom. The summed E-state index contributed by atoms with van der Waals surface area (Å²) in [6.45, 7) is 4.20. The average Bonchev–Trinajstić information content (AvgIpc) is 3.31. The van der Waals surface area contributed by atoms with Gasteiger partial charge in [0.1, 0.15) is 5.70 Å². The van der Waals surface area contributed by atoms with Crippen molar-refractivity contribution in [3.05, 3.63) is 95.7 Å². The van der Waals surface area contributed by atoms with Crippen molar-refractivity contribution in [2.45, 2.75) is 6.92 Å². The van der Waals surface area contributed by atoms with Crippen LogP contribution in [0.1, 0.15) is 22.8 Å². The van der Waals surface area contributed by atoms with Crippen LogP contribution in [0.4, 0.5) is 17.1 Å². The van der Waals surface area contributed by atoms with Gasteiger partial charge in [0, 0.05) is 57.2 Å². The molecule has 0 radical (unpaired) electrons. The van der Waals surface area contributed by atoms with Gasteiger partial charge < -0.3 is 14.7 Å². The summed E-state index contributed by atoms with van der Waals surface area (Å²) in [5.41, 5.74) is 4.74. The first-order chi connectivity index (χ1) is 19.8. The molecule has 0 aliphatic carbocycles. The smallest absolute Gasteiger partial charge is 0.283 e. The highest BCUT2D eigenvalue weighted by atomic mass is 32.2. The van der Waals surface area contributed by atoms with Crippen LogP contribution in [-0.2, 0) is 9.59 Å². The van der Waals surface area contributed by atoms with Crippen LogP contribution < -0.4 is 14.7 Å². The van der Waals surface area contributed by atoms with Crippen LogP contribution in [0.15, 0.2) is 89.6 Å². The maximum atomic E-state index is 13.5. The Labute approximate surface area is 244 Å². The van der Waals surface area contributed by atoms with E-state index in [1.807, 2.05) is 103 Å². The summed E-state index contributed by atoms with van der Waals surface area (Å²) in [6, 6.07) is 24.9. The first kappa shape index (κ1) is 28.2. The normalized spacial score (nSPS) is 16.3. The predicted octanol–water partition coefficient (Wildman–Crippen LogP) is 4.78. The molecule has 2 heterocycles. The van der Waals surface area contributed by atoms with Gasteiger partial charge in [0.15, 0.2) is 11.0 Å². The molecular weight excluding hydrogens is 534 g/mol. The summed E-state index contributed by atoms with van der Waals surface area (Å²) in [7, 11) is 3.96. The third-order valence-electron chi connectivity index (χ3n) is 7.15. The molecule has 0 N–H and O–H groups in total. The van der Waals surface area contributed by atoms with Gasteiger partial charge >= 0.3 is 0 Å². The first-order valence-electron chi connectivity index (χ1n) is 13.5. The summed E-state index contributed by atoms with van der Waals surface area (Å²) < 4.78 is 0. The lowest BCUT2D eigenvalue weighted by Crippen LogP contribution is -2.49. The van der Waals surface area contributed by atoms with E-state index in [9.17, 15) is 14.4 Å². The Morgan fingerprint density at radius 3 is 2.15 bits per heavy atom. The fraction of sp³-hybridized carbons (Fsp3) is 0.250. The number of hydrogen-bond acceptors (Lipinski definition) is 7. The van der Waals surface area contributed by atoms with Gasteiger partial charge in [-0.1, -0.05) is 42.1 Å². The van der Waals surface area contributed by atoms with E-state index in [1.165, 1.54) is 11.8 Å². The van der Waals surface area contributed by atoms with Gasteiger partial charge in [0.2, 0.25) is 5.91 Å². The van der Waals surface area contributed by atoms with Crippen LogP contribution in [-0.4, -0.2) is 73.7 Å². The Bertz CT molecular complexity index is 1480. The van der Waals surface area contributed by atoms with Crippen LogP contribution in [0.3, 0.4) is 0 Å². The number of thioether (sulfide) groups is 1. The molecule has 41 heavy (non-hydrogen) atoms. The van der Waals surface area contributed by atoms with E-state index in [4.69, 9.17) is 0 Å². The summed E-state index contributed by atoms with van der Waals surface area (Å²) in [6.07, 6.45) is 1.79. The van der Waals surface area contributed by atoms with E-state index in [-0.39, 0.29) is 23.4 Å². The lowest BCUT2D eigenvalue weighted by molar-refractivity contribution is -0.128. The Balaban J connectivity index is 1.25. The SMILES string of the molecule is CC(=O)c1ccc(N2CCN(C(=O)CSC3=N/C(=C/c4ccc(N(C)C)cc4)C(=O)N3c3ccccc3)CC2)cc1. The number of para-hydroxylation sites is 1. The average molecular weight is 568 g/mol. The van der Waals surface area contributed by atoms with Crippen LogP contribution in [0.5, 0.6) is 0 Å². The van der Waals surface area contributed by atoms with E-state index >= 15 is 0 Å². The Morgan fingerprint density at radius 2 is 1.54 bits per heavy atom. The maximum Gasteiger partial charge on any atom is 0.283 e. The van der Waals surface area contributed by atoms with E-state index in [0.29, 0.717) is 48.3 Å². The second-order valence-corrected chi connectivity index (χ2v) is 11.1. The predicted molar refractivity (Wildman–Crippen MR) is 168 cm³/mol. The second-order valence-electron chi connectivity index (χ2n) is 10.1. The molecule has 0 aromatic heterocycles. The first-order valence-corrected chi connectivity index (χ1v) is 14.5. The summed E-state index contributed by atoms with van der Waals surface area (Å²) >= 11 is 1.29. The van der Waals surface area contributed by atoms with E-state index in [0.717, 1.165) is 16.9 Å². The summed E-state index contributed by atoms with van der Waals surface area (Å²) in [5.74, 6) is 0.0342. The number of carbonyl (C=O) groups is 3. The van der Waals surface area contributed by atoms with Crippen molar-refractivity contribution in [2.75, 3.05) is 60.7 Å². The number of carbonyl (C=O) groups excluding carboxylic acids is 3. The fourth-order valence-electron chi connectivity index (χ4n) is 4.76. The molecule has 0 spiro atoms. The zero-order valence-corrected chi connectivity index (χ0v) is 24.3. The van der Waals surface area contributed by atoms with E-state index in [2.05, 4.69) is 9.89 Å². The molecule has 210 valence electrons. The molecule has 3 aromatic carbocycles. The number of amidine groups is 1. The third-order valence-corrected chi connectivity index (χ3v) is 8.08. The minimum atomic E-state index is -0.216. The molecule has 2 aliphatic rings. The second kappa shape index (κ2) is 12.4. The highest BCUT2D eigenvalue weighted by Crippen LogP contribution is 2.30. The van der Waals surface area contributed by atoms with Crippen LogP contribution in [0.25, 0.3) is 6.08 Å². The lowest BCUT2D eigenvalue weighted by atomic mass is 10.1. The highest BCUT2D eigenvalue weighted by molar-refractivity contribution is 8.14. The number of nitrogens with zero attached hydrogens (tertiary/aromatic N) is 5. The third kappa shape index (κ3) is 6.52. The molecule has 2 amide bonds. The fourth-order valence-corrected chi connectivity index (χ4v) is 5.68. The van der Waals surface area contributed by atoms with Gasteiger partial charge in [-0.2, -0.15) is 0 Å². The lowest BCUT2D eigenvalue weighted by Gasteiger charge is -2.36. The molecule has 1 fully saturated rings. The van der Waals surface area contributed by atoms with Gasteiger partial charge in [-0.05, 0) is 67.1 Å². The molecule has 0 bridgehead atoms. The van der Waals surface area contributed by atoms with Gasteiger partial charge in [-0.3, -0.25) is 19.3 Å². The number of Topliss-reactive ketones (excluding diaryl/α,β-unsaturated/α-hetero) is 1. The van der Waals surface area contributed by atoms with Gasteiger partial charge in [0.25, 0.3) is 5.91 Å². The number of amides is 2. The minimum absolute atomic E-state index is 0.0152. The Hall–Kier alpha value is -4.37. The van der Waals surface area contributed by atoms with Crippen molar-refractivity contribution in [3.63, 3.8) is 0 Å². The molecule has 9 heteroatoms. The molecule has 5 rings (SSSR count). The Kier molecular flexibility index (Phi) is 8.54. The van der Waals surface area contributed by atoms with Crippen LogP contribution in [0, 0.1) is 0 Å². The largest absolute Gasteiger partial charge is 0.378 e. The number of ketones is 1. The van der Waals surface area contributed by atoms with Crippen molar-refractivity contribution in [1.82, 2.24) is 4.90 Å². The molecule has 2 aliphatic heterocycles. The molecule has 0 saturated carbocycles. The minimum Gasteiger partial charge on any atom is -0.378 e. The molecular formula is C32H33N5O3S. The van der Waals surface area contributed by atoms with Gasteiger partial charge in [-0.25, -0.2) is 4.99 Å². The molecule has 3 aromatic rings. The zero-order chi connectivity index (χ0) is 28.9. The number of hydrogen-bond donors (Lipinski definition) is 0. The zero-order valence-electron chi connectivity index (χ0n) is 23.5. The standard InChI is InChI=1S/C32H33N5O3S/c1-23(38)25-11-15-27(16-12-25)35-17-19-36(20-18-35)30(39)22-41-32-33-29(21-24-9-13-26(14-10-24)34(2)3)31(40)37(32)28-7-5-4-6-8-28/h4-16,21H,17-20,22H2,1-3H3/b29-21+. The van der Waals surface area contributed by atoms with Crippen molar-refractivity contribution in [2.24, 2.45) is 4.99 Å². The summed E-state index contributed by atoms with van der Waals surface area (Å²) in [4.78, 5) is 50.6. The molecule has 8 nitrogen and oxygen atoms in total. The monoisotopic (exact) mass is 567 g/mol. The van der Waals surface area contributed by atoms with Crippen molar-refractivity contribution >= 4 is 57.7 Å². The van der Waals surface area contributed by atoms with E-state index < -0.39 is 0 Å². The number of aliphatic imine (C=N–C) groups is 1. The van der Waals surface area contributed by atoms with Crippen LogP contribution >= 0.6 is 11.8 Å². The number of rotatable bonds is 7. The summed E-state index contributed by atoms with van der Waals surface area (Å²) in [5, 5.41) is 0.495. The van der Waals surface area contributed by atoms with Crippen molar-refractivity contribution < 1.29 is 14.4 Å². The van der Waals surface area contributed by atoms with Gasteiger partial charge in [-0.15, -0.1) is 0 Å². The van der Waals surface area contributed by atoms with Crippen LogP contribution in [0.2, 0.25) is 0 Å². The molecule has 0 unspecified atom stereocenters.